The van der Waals surface area contributed by atoms with Crippen molar-refractivity contribution in [1.29, 1.82) is 0 Å². The highest BCUT2D eigenvalue weighted by Gasteiger charge is 2.25. The van der Waals surface area contributed by atoms with E-state index in [1.165, 1.54) is 12.1 Å². The Morgan fingerprint density at radius 2 is 1.00 bits per heavy atom. The average molecular weight is 717 g/mol. The fourth-order valence-corrected chi connectivity index (χ4v) is 4.83. The van der Waals surface area contributed by atoms with Crippen molar-refractivity contribution in [3.63, 3.8) is 0 Å². The van der Waals surface area contributed by atoms with Gasteiger partial charge in [-0.1, -0.05) is 5.92 Å². The van der Waals surface area contributed by atoms with E-state index in [9.17, 15) is 24.0 Å². The largest absolute Gasteiger partial charge is 0.481 e. The standard InChI is InChI=1S/C36H56N6O9/c1-11-20-48-26-21-27-32(46)37-12-14-40(23-29(43)49-34(2,3)4)16-18-42(25-31(45)51-36(8,9)10)19-17-41(24-30(44)50-35(5,6)7)15-13-38-33(47)28(22-26)39-27/h1,21-22H,12-20,23-25H2,2-10H3,(H,37,46)(H,38,47). The fourth-order valence-electron chi connectivity index (χ4n) is 4.83. The van der Waals surface area contributed by atoms with Gasteiger partial charge in [-0.3, -0.25) is 38.7 Å². The quantitative estimate of drug-likeness (QED) is 0.226. The van der Waals surface area contributed by atoms with E-state index in [0.29, 0.717) is 26.2 Å². The number of terminal acetylenes is 1. The first kappa shape index (κ1) is 42.9. The molecule has 1 aliphatic rings. The van der Waals surface area contributed by atoms with Crippen LogP contribution in [0.3, 0.4) is 0 Å². The SMILES string of the molecule is C#CCOc1cc2nc(c1)C(=O)NCCN(CC(=O)OC(C)(C)C)CCN(CC(=O)OC(C)(C)C)CCN(CC(=O)OC(C)(C)C)CCNC2=O. The molecule has 2 heterocycles. The zero-order valence-corrected chi connectivity index (χ0v) is 31.7. The second-order valence-electron chi connectivity index (χ2n) is 15.2. The predicted molar refractivity (Wildman–Crippen MR) is 190 cm³/mol. The van der Waals surface area contributed by atoms with Crippen LogP contribution in [-0.4, -0.2) is 145 Å². The molecule has 0 atom stereocenters. The number of pyridine rings is 1. The zero-order valence-electron chi connectivity index (χ0n) is 31.7. The molecular formula is C36H56N6O9. The molecule has 1 aromatic rings. The summed E-state index contributed by atoms with van der Waals surface area (Å²) in [5.74, 6) is 0.0822. The normalized spacial score (nSPS) is 16.8. The molecule has 0 saturated carbocycles. The van der Waals surface area contributed by atoms with Gasteiger partial charge in [-0.05, 0) is 62.3 Å². The number of carbonyl (C=O) groups is 5. The molecule has 2 amide bonds. The highest BCUT2D eigenvalue weighted by molar-refractivity contribution is 5.97. The van der Waals surface area contributed by atoms with Gasteiger partial charge in [0, 0.05) is 64.5 Å². The van der Waals surface area contributed by atoms with Gasteiger partial charge in [0.05, 0.1) is 19.6 Å². The Balaban J connectivity index is 2.46. The molecule has 51 heavy (non-hydrogen) atoms. The molecule has 0 fully saturated rings. The van der Waals surface area contributed by atoms with E-state index >= 15 is 0 Å². The van der Waals surface area contributed by atoms with Crippen molar-refractivity contribution in [1.82, 2.24) is 30.3 Å². The van der Waals surface area contributed by atoms with Crippen molar-refractivity contribution in [2.45, 2.75) is 79.1 Å². The van der Waals surface area contributed by atoms with Crippen LogP contribution in [0.15, 0.2) is 12.1 Å². The maximum atomic E-state index is 13.2. The molecule has 15 nitrogen and oxygen atoms in total. The highest BCUT2D eigenvalue weighted by atomic mass is 16.6. The smallest absolute Gasteiger partial charge is 0.320 e. The lowest BCUT2D eigenvalue weighted by atomic mass is 10.2. The van der Waals surface area contributed by atoms with Gasteiger partial charge in [0.15, 0.2) is 0 Å². The first-order valence-electron chi connectivity index (χ1n) is 17.1. The third-order valence-electron chi connectivity index (χ3n) is 6.80. The monoisotopic (exact) mass is 716 g/mol. The number of esters is 3. The van der Waals surface area contributed by atoms with Crippen molar-refractivity contribution in [3.8, 4) is 18.1 Å². The number of nitrogens with one attached hydrogen (secondary N) is 2. The predicted octanol–water partition coefficient (Wildman–Crippen LogP) is 1.50. The number of hydrogen-bond acceptors (Lipinski definition) is 13. The first-order chi connectivity index (χ1) is 23.6. The number of fused-ring (bicyclic) bond motifs is 2. The summed E-state index contributed by atoms with van der Waals surface area (Å²) in [6.07, 6.45) is 5.35. The van der Waals surface area contributed by atoms with Gasteiger partial charge in [-0.15, -0.1) is 6.42 Å². The first-order valence-corrected chi connectivity index (χ1v) is 17.1. The Morgan fingerprint density at radius 1 is 0.667 bits per heavy atom. The maximum Gasteiger partial charge on any atom is 0.320 e. The van der Waals surface area contributed by atoms with E-state index in [4.69, 9.17) is 25.4 Å². The van der Waals surface area contributed by atoms with Crippen LogP contribution in [0.2, 0.25) is 0 Å². The molecule has 0 saturated heterocycles. The van der Waals surface area contributed by atoms with Gasteiger partial charge in [0.1, 0.15) is 40.5 Å². The van der Waals surface area contributed by atoms with E-state index in [2.05, 4.69) is 21.5 Å². The minimum atomic E-state index is -0.704. The van der Waals surface area contributed by atoms with Crippen LogP contribution in [0.25, 0.3) is 0 Å². The average Bonchev–Trinajstić information content (AvgIpc) is 2.97. The highest BCUT2D eigenvalue weighted by Crippen LogP contribution is 2.16. The molecular weight excluding hydrogens is 660 g/mol. The third kappa shape index (κ3) is 18.5. The Hall–Kier alpha value is -4.26. The summed E-state index contributed by atoms with van der Waals surface area (Å²) in [4.78, 5) is 75.0. The molecule has 0 spiro atoms. The van der Waals surface area contributed by atoms with Crippen molar-refractivity contribution in [2.75, 3.05) is 78.6 Å². The molecule has 0 aliphatic carbocycles. The summed E-state index contributed by atoms with van der Waals surface area (Å²) in [5, 5.41) is 5.59. The summed E-state index contributed by atoms with van der Waals surface area (Å²) in [7, 11) is 0. The van der Waals surface area contributed by atoms with Crippen molar-refractivity contribution in [3.05, 3.63) is 23.5 Å². The molecule has 0 aromatic carbocycles. The number of ether oxygens (including phenoxy) is 4. The number of amides is 2. The summed E-state index contributed by atoms with van der Waals surface area (Å²) in [6.45, 7) is 17.8. The maximum absolute atomic E-state index is 13.2. The topological polar surface area (TPSA) is 169 Å². The van der Waals surface area contributed by atoms with Crippen LogP contribution in [-0.2, 0) is 28.6 Å². The van der Waals surface area contributed by atoms with Crippen LogP contribution in [0.1, 0.15) is 83.3 Å². The second-order valence-corrected chi connectivity index (χ2v) is 15.2. The van der Waals surface area contributed by atoms with Crippen LogP contribution < -0.4 is 15.4 Å². The van der Waals surface area contributed by atoms with E-state index in [1.807, 2.05) is 14.7 Å². The number of aromatic nitrogens is 1. The lowest BCUT2D eigenvalue weighted by Crippen LogP contribution is -2.47. The molecule has 15 heteroatoms. The number of rotatable bonds is 8. The molecule has 284 valence electrons. The second kappa shape index (κ2) is 19.4. The lowest BCUT2D eigenvalue weighted by molar-refractivity contribution is -0.158. The Labute approximate surface area is 302 Å². The molecule has 2 bridgehead atoms. The summed E-state index contributed by atoms with van der Waals surface area (Å²) >= 11 is 0. The minimum absolute atomic E-state index is 0.0459. The van der Waals surface area contributed by atoms with Gasteiger partial charge in [-0.25, -0.2) is 4.98 Å². The number of carbonyl (C=O) groups excluding carboxylic acids is 5. The molecule has 1 aromatic heterocycles. The van der Waals surface area contributed by atoms with Crippen LogP contribution in [0, 0.1) is 12.3 Å². The fraction of sp³-hybridized carbons (Fsp3) is 0.667. The van der Waals surface area contributed by atoms with E-state index < -0.39 is 46.5 Å². The van der Waals surface area contributed by atoms with E-state index in [0.717, 1.165) is 0 Å². The van der Waals surface area contributed by atoms with E-state index in [-0.39, 0.29) is 69.6 Å². The van der Waals surface area contributed by atoms with Crippen LogP contribution in [0.5, 0.6) is 5.75 Å². The van der Waals surface area contributed by atoms with Gasteiger partial charge < -0.3 is 29.6 Å². The molecule has 2 N–H and O–H groups in total. The summed E-state index contributed by atoms with van der Waals surface area (Å²) in [5.41, 5.74) is -2.24. The van der Waals surface area contributed by atoms with Crippen LogP contribution >= 0.6 is 0 Å². The van der Waals surface area contributed by atoms with Gasteiger partial charge in [-0.2, -0.15) is 0 Å². The summed E-state index contributed by atoms with van der Waals surface area (Å²) < 4.78 is 22.2. The van der Waals surface area contributed by atoms with Crippen molar-refractivity contribution in [2.24, 2.45) is 0 Å². The summed E-state index contributed by atoms with van der Waals surface area (Å²) in [6, 6.07) is 2.77. The van der Waals surface area contributed by atoms with Gasteiger partial charge in [0.25, 0.3) is 11.8 Å². The minimum Gasteiger partial charge on any atom is -0.481 e. The van der Waals surface area contributed by atoms with Crippen molar-refractivity contribution >= 4 is 29.7 Å². The molecule has 0 radical (unpaired) electrons. The molecule has 0 unspecified atom stereocenters. The van der Waals surface area contributed by atoms with E-state index in [1.54, 1.807) is 62.3 Å². The van der Waals surface area contributed by atoms with Gasteiger partial charge in [0.2, 0.25) is 0 Å². The third-order valence-corrected chi connectivity index (χ3v) is 6.80. The number of nitrogens with zero attached hydrogens (tertiary/aromatic N) is 4. The van der Waals surface area contributed by atoms with Crippen LogP contribution in [0.4, 0.5) is 0 Å². The zero-order chi connectivity index (χ0) is 38.4. The van der Waals surface area contributed by atoms with Gasteiger partial charge >= 0.3 is 17.9 Å². The Bertz CT molecular complexity index is 1330. The Kier molecular flexibility index (Phi) is 16.3. The lowest BCUT2D eigenvalue weighted by Gasteiger charge is -2.31. The van der Waals surface area contributed by atoms with Crippen molar-refractivity contribution < 1.29 is 42.9 Å². The molecule has 2 rings (SSSR count). The number of hydrogen-bond donors (Lipinski definition) is 2. The Morgan fingerprint density at radius 3 is 1.31 bits per heavy atom. The molecule has 1 aliphatic heterocycles.